The molecule has 0 aliphatic carbocycles. The van der Waals surface area contributed by atoms with Crippen molar-refractivity contribution in [1.29, 1.82) is 0 Å². The van der Waals surface area contributed by atoms with Gasteiger partial charge in [-0.1, -0.05) is 18.5 Å². The normalized spacial score (nSPS) is 12.6. The number of hydrogen-bond acceptors (Lipinski definition) is 3. The SMILES string of the molecule is CCCNC(c1ccncc1Cl)c1c(Br)cnn1C. The Balaban J connectivity index is 2.45. The molecule has 6 heteroatoms. The van der Waals surface area contributed by atoms with Gasteiger partial charge in [-0.05, 0) is 40.5 Å². The van der Waals surface area contributed by atoms with Gasteiger partial charge in [0.1, 0.15) is 0 Å². The molecule has 19 heavy (non-hydrogen) atoms. The molecule has 1 N–H and O–H groups in total. The predicted molar refractivity (Wildman–Crippen MR) is 80.3 cm³/mol. The number of nitrogens with zero attached hydrogens (tertiary/aromatic N) is 3. The standard InChI is InChI=1S/C13H16BrClN4/c1-3-5-17-12(9-4-6-16-8-11(9)15)13-10(14)7-18-19(13)2/h4,6-8,12,17H,3,5H2,1-2H3. The molecule has 0 spiro atoms. The van der Waals surface area contributed by atoms with E-state index in [9.17, 15) is 0 Å². The van der Waals surface area contributed by atoms with Gasteiger partial charge in [-0.2, -0.15) is 5.10 Å². The zero-order chi connectivity index (χ0) is 13.8. The van der Waals surface area contributed by atoms with Gasteiger partial charge < -0.3 is 5.32 Å². The number of aromatic nitrogens is 3. The third kappa shape index (κ3) is 3.16. The summed E-state index contributed by atoms with van der Waals surface area (Å²) < 4.78 is 2.82. The van der Waals surface area contributed by atoms with E-state index in [1.165, 1.54) is 0 Å². The van der Waals surface area contributed by atoms with E-state index in [0.717, 1.165) is 28.7 Å². The molecule has 0 saturated heterocycles. The number of halogens is 2. The Labute approximate surface area is 126 Å². The van der Waals surface area contributed by atoms with Gasteiger partial charge in [0, 0.05) is 19.4 Å². The van der Waals surface area contributed by atoms with Crippen LogP contribution in [0.3, 0.4) is 0 Å². The molecule has 1 atom stereocenters. The smallest absolute Gasteiger partial charge is 0.0775 e. The summed E-state index contributed by atoms with van der Waals surface area (Å²) in [5.41, 5.74) is 2.07. The molecule has 4 nitrogen and oxygen atoms in total. The molecule has 2 aromatic heterocycles. The molecular formula is C13H16BrClN4. The topological polar surface area (TPSA) is 42.7 Å². The lowest BCUT2D eigenvalue weighted by Gasteiger charge is -2.21. The molecule has 0 aliphatic heterocycles. The van der Waals surface area contributed by atoms with Crippen molar-refractivity contribution in [3.05, 3.63) is 45.4 Å². The first kappa shape index (κ1) is 14.5. The van der Waals surface area contributed by atoms with Crippen LogP contribution in [0, 0.1) is 0 Å². The monoisotopic (exact) mass is 342 g/mol. The van der Waals surface area contributed by atoms with Gasteiger partial charge in [0.05, 0.1) is 27.4 Å². The van der Waals surface area contributed by atoms with Crippen molar-refractivity contribution >= 4 is 27.5 Å². The van der Waals surface area contributed by atoms with Crippen molar-refractivity contribution in [2.24, 2.45) is 7.05 Å². The van der Waals surface area contributed by atoms with Crippen LogP contribution in [0.15, 0.2) is 29.1 Å². The second kappa shape index (κ2) is 6.50. The fraction of sp³-hybridized carbons (Fsp3) is 0.385. The van der Waals surface area contributed by atoms with Crippen molar-refractivity contribution < 1.29 is 0 Å². The Kier molecular flexibility index (Phi) is 4.96. The molecule has 2 aromatic rings. The summed E-state index contributed by atoms with van der Waals surface area (Å²) in [7, 11) is 1.93. The first-order chi connectivity index (χ1) is 9.15. The van der Waals surface area contributed by atoms with E-state index < -0.39 is 0 Å². The summed E-state index contributed by atoms with van der Waals surface area (Å²) in [6.45, 7) is 3.04. The number of aryl methyl sites for hydroxylation is 1. The van der Waals surface area contributed by atoms with Crippen molar-refractivity contribution in [1.82, 2.24) is 20.1 Å². The maximum atomic E-state index is 6.27. The Hall–Kier alpha value is -0.910. The molecule has 0 amide bonds. The molecule has 0 radical (unpaired) electrons. The van der Waals surface area contributed by atoms with Gasteiger partial charge in [0.25, 0.3) is 0 Å². The van der Waals surface area contributed by atoms with Gasteiger partial charge in [0.2, 0.25) is 0 Å². The fourth-order valence-corrected chi connectivity index (χ4v) is 2.81. The first-order valence-electron chi connectivity index (χ1n) is 6.15. The zero-order valence-corrected chi connectivity index (χ0v) is 13.2. The van der Waals surface area contributed by atoms with Gasteiger partial charge in [-0.3, -0.25) is 9.67 Å². The molecule has 2 rings (SSSR count). The molecule has 0 fully saturated rings. The van der Waals surface area contributed by atoms with Crippen molar-refractivity contribution in [2.45, 2.75) is 19.4 Å². The highest BCUT2D eigenvalue weighted by Gasteiger charge is 2.22. The Morgan fingerprint density at radius 3 is 2.84 bits per heavy atom. The Bertz CT molecular complexity index is 536. The molecule has 2 heterocycles. The summed E-state index contributed by atoms with van der Waals surface area (Å²) in [4.78, 5) is 4.04. The first-order valence-corrected chi connectivity index (χ1v) is 7.32. The Morgan fingerprint density at radius 1 is 1.47 bits per heavy atom. The van der Waals surface area contributed by atoms with Crippen molar-refractivity contribution in [3.63, 3.8) is 0 Å². The molecule has 102 valence electrons. The van der Waals surface area contributed by atoms with Crippen LogP contribution in [-0.4, -0.2) is 21.3 Å². The van der Waals surface area contributed by atoms with E-state index in [1.807, 2.05) is 17.8 Å². The van der Waals surface area contributed by atoms with Crippen LogP contribution in [0.2, 0.25) is 5.02 Å². The molecule has 0 aromatic carbocycles. The highest BCUT2D eigenvalue weighted by molar-refractivity contribution is 9.10. The summed E-state index contributed by atoms with van der Waals surface area (Å²) in [6, 6.07) is 1.94. The van der Waals surface area contributed by atoms with E-state index in [1.54, 1.807) is 18.6 Å². The largest absolute Gasteiger partial charge is 0.305 e. The third-order valence-corrected chi connectivity index (χ3v) is 3.85. The van der Waals surface area contributed by atoms with Crippen LogP contribution in [0.1, 0.15) is 30.6 Å². The molecule has 0 bridgehead atoms. The highest BCUT2D eigenvalue weighted by atomic mass is 79.9. The maximum absolute atomic E-state index is 6.27. The average Bonchev–Trinajstić information content (AvgIpc) is 2.73. The summed E-state index contributed by atoms with van der Waals surface area (Å²) in [6.07, 6.45) is 6.27. The Morgan fingerprint density at radius 2 is 2.26 bits per heavy atom. The molecular weight excluding hydrogens is 328 g/mol. The minimum absolute atomic E-state index is 0.00248. The van der Waals surface area contributed by atoms with E-state index in [4.69, 9.17) is 11.6 Å². The van der Waals surface area contributed by atoms with E-state index in [0.29, 0.717) is 5.02 Å². The number of pyridine rings is 1. The second-order valence-electron chi connectivity index (χ2n) is 4.29. The summed E-state index contributed by atoms with van der Waals surface area (Å²) >= 11 is 9.82. The number of rotatable bonds is 5. The number of hydrogen-bond donors (Lipinski definition) is 1. The fourth-order valence-electron chi connectivity index (χ4n) is 2.01. The van der Waals surface area contributed by atoms with Gasteiger partial charge in [-0.15, -0.1) is 0 Å². The van der Waals surface area contributed by atoms with Crippen LogP contribution in [0.5, 0.6) is 0 Å². The van der Waals surface area contributed by atoms with Crippen LogP contribution < -0.4 is 5.32 Å². The molecule has 1 unspecified atom stereocenters. The van der Waals surface area contributed by atoms with Crippen molar-refractivity contribution in [3.8, 4) is 0 Å². The second-order valence-corrected chi connectivity index (χ2v) is 5.55. The average molecular weight is 344 g/mol. The van der Waals surface area contributed by atoms with Gasteiger partial charge >= 0.3 is 0 Å². The quantitative estimate of drug-likeness (QED) is 0.905. The lowest BCUT2D eigenvalue weighted by atomic mass is 10.0. The van der Waals surface area contributed by atoms with Crippen LogP contribution in [-0.2, 0) is 7.05 Å². The minimum atomic E-state index is -0.00248. The lowest BCUT2D eigenvalue weighted by molar-refractivity contribution is 0.551. The molecule has 0 saturated carbocycles. The molecule has 0 aliphatic rings. The van der Waals surface area contributed by atoms with E-state index in [2.05, 4.69) is 38.3 Å². The van der Waals surface area contributed by atoms with Gasteiger partial charge in [0.15, 0.2) is 0 Å². The third-order valence-electron chi connectivity index (χ3n) is 2.92. The lowest BCUT2D eigenvalue weighted by Crippen LogP contribution is -2.26. The highest BCUT2D eigenvalue weighted by Crippen LogP contribution is 2.31. The van der Waals surface area contributed by atoms with E-state index >= 15 is 0 Å². The number of nitrogens with one attached hydrogen (secondary N) is 1. The van der Waals surface area contributed by atoms with Crippen LogP contribution in [0.4, 0.5) is 0 Å². The van der Waals surface area contributed by atoms with Crippen molar-refractivity contribution in [2.75, 3.05) is 6.54 Å². The summed E-state index contributed by atoms with van der Waals surface area (Å²) in [5.74, 6) is 0. The van der Waals surface area contributed by atoms with Crippen LogP contribution in [0.25, 0.3) is 0 Å². The van der Waals surface area contributed by atoms with E-state index in [-0.39, 0.29) is 6.04 Å². The van der Waals surface area contributed by atoms with Crippen LogP contribution >= 0.6 is 27.5 Å². The zero-order valence-electron chi connectivity index (χ0n) is 10.9. The minimum Gasteiger partial charge on any atom is -0.305 e. The summed E-state index contributed by atoms with van der Waals surface area (Å²) in [5, 5.41) is 8.44. The van der Waals surface area contributed by atoms with Gasteiger partial charge in [-0.25, -0.2) is 0 Å². The maximum Gasteiger partial charge on any atom is 0.0775 e. The predicted octanol–water partition coefficient (Wildman–Crippen LogP) is 3.32.